The van der Waals surface area contributed by atoms with E-state index >= 15 is 0 Å². The van der Waals surface area contributed by atoms with Crippen molar-refractivity contribution in [2.45, 2.75) is 59.3 Å². The minimum absolute atomic E-state index is 0.145. The number of amides is 2. The molecule has 0 bridgehead atoms. The largest absolute Gasteiger partial charge is 0.501 e. The number of nitrogens with one attached hydrogen (secondary N) is 2. The molecular formula is C28H40N2O3S2. The van der Waals surface area contributed by atoms with Gasteiger partial charge in [-0.1, -0.05) is 80.7 Å². The number of unbranched alkanes of at least 4 members (excludes halogenated alkanes) is 1. The van der Waals surface area contributed by atoms with E-state index in [9.17, 15) is 9.59 Å². The Morgan fingerprint density at radius 1 is 0.829 bits per heavy atom. The van der Waals surface area contributed by atoms with Gasteiger partial charge >= 0.3 is 0 Å². The van der Waals surface area contributed by atoms with Gasteiger partial charge in [0.05, 0.1) is 35.8 Å². The molecule has 7 heteroatoms. The fraction of sp³-hybridized carbons (Fsp3) is 0.357. The van der Waals surface area contributed by atoms with Gasteiger partial charge in [-0.15, -0.1) is 0 Å². The summed E-state index contributed by atoms with van der Waals surface area (Å²) in [6.45, 7) is 29.1. The maximum atomic E-state index is 12.4. The van der Waals surface area contributed by atoms with Crippen LogP contribution in [0.1, 0.15) is 59.3 Å². The molecule has 0 saturated carbocycles. The Hall–Kier alpha value is -2.64. The van der Waals surface area contributed by atoms with Crippen molar-refractivity contribution in [1.82, 2.24) is 10.6 Å². The summed E-state index contributed by atoms with van der Waals surface area (Å²) in [7, 11) is 1.59. The second kappa shape index (κ2) is 17.7. The summed E-state index contributed by atoms with van der Waals surface area (Å²) in [5.41, 5.74) is 2.59. The van der Waals surface area contributed by atoms with Crippen molar-refractivity contribution in [1.29, 1.82) is 0 Å². The average molecular weight is 517 g/mol. The zero-order valence-electron chi connectivity index (χ0n) is 21.7. The molecular weight excluding hydrogens is 476 g/mol. The van der Waals surface area contributed by atoms with Gasteiger partial charge in [-0.25, -0.2) is 0 Å². The zero-order valence-corrected chi connectivity index (χ0v) is 23.3. The normalized spacial score (nSPS) is 10.9. The van der Waals surface area contributed by atoms with Crippen molar-refractivity contribution in [3.05, 3.63) is 94.0 Å². The van der Waals surface area contributed by atoms with E-state index in [1.54, 1.807) is 13.2 Å². The molecule has 0 aromatic heterocycles. The van der Waals surface area contributed by atoms with Crippen LogP contribution in [0.5, 0.6) is 0 Å². The van der Waals surface area contributed by atoms with E-state index in [4.69, 9.17) is 4.74 Å². The Kier molecular flexibility index (Phi) is 16.4. The third-order valence-corrected chi connectivity index (χ3v) is 6.19. The van der Waals surface area contributed by atoms with Crippen LogP contribution >= 0.6 is 23.5 Å². The topological polar surface area (TPSA) is 67.4 Å². The average Bonchev–Trinajstić information content (AvgIpc) is 2.74. The lowest BCUT2D eigenvalue weighted by molar-refractivity contribution is -0.120. The number of rotatable bonds is 18. The van der Waals surface area contributed by atoms with E-state index in [-0.39, 0.29) is 24.7 Å². The highest BCUT2D eigenvalue weighted by molar-refractivity contribution is 8.06. The van der Waals surface area contributed by atoms with Crippen molar-refractivity contribution in [2.24, 2.45) is 0 Å². The van der Waals surface area contributed by atoms with Gasteiger partial charge in [0.2, 0.25) is 11.8 Å². The highest BCUT2D eigenvalue weighted by Gasteiger charge is 2.11. The molecule has 0 aliphatic rings. The van der Waals surface area contributed by atoms with Crippen LogP contribution in [0.15, 0.2) is 94.0 Å². The Labute approximate surface area is 220 Å². The summed E-state index contributed by atoms with van der Waals surface area (Å²) < 4.78 is 5.29. The van der Waals surface area contributed by atoms with Gasteiger partial charge in [0, 0.05) is 0 Å². The van der Waals surface area contributed by atoms with E-state index in [1.807, 2.05) is 26.8 Å². The van der Waals surface area contributed by atoms with Gasteiger partial charge < -0.3 is 15.4 Å². The maximum Gasteiger partial charge on any atom is 0.229 e. The number of carbonyl (C=O) groups excluding carboxylic acids is 2. The number of hydrogen-bond donors (Lipinski definition) is 2. The SMILES string of the molecule is C=CC(=C)CC(=O)NC(=C)SC(=C)CCCCC(=C)SC(=C)NC(=O)C/C(C=C(C)C)=C(/C)OC. The summed E-state index contributed by atoms with van der Waals surface area (Å²) in [5.74, 6) is 0.404. The predicted octanol–water partition coefficient (Wildman–Crippen LogP) is 7.62. The van der Waals surface area contributed by atoms with Crippen molar-refractivity contribution >= 4 is 35.3 Å². The predicted molar refractivity (Wildman–Crippen MR) is 154 cm³/mol. The summed E-state index contributed by atoms with van der Waals surface area (Å²) in [6.07, 6.45) is 7.36. The fourth-order valence-electron chi connectivity index (χ4n) is 2.75. The molecule has 2 amide bonds. The number of thioether (sulfide) groups is 2. The number of allylic oxidation sites excluding steroid dienone is 6. The van der Waals surface area contributed by atoms with Crippen LogP contribution in [0.3, 0.4) is 0 Å². The fourth-order valence-corrected chi connectivity index (χ4v) is 4.27. The molecule has 0 fully saturated rings. The Bertz CT molecular complexity index is 922. The third-order valence-electron chi connectivity index (χ3n) is 4.50. The molecule has 2 N–H and O–H groups in total. The first kappa shape index (κ1) is 32.4. The molecule has 0 heterocycles. The standard InChI is InChI=1S/C28H40N2O3S2/c1-11-20(4)17-27(31)29-24(8)34-21(5)14-12-13-15-22(6)35-25(9)30-28(32)18-26(16-19(2)3)23(7)33-10/h11,16H,1,4-6,8-9,12-15,17-18H2,2-3,7,10H3,(H,29,31)(H,30,32)/b26-23-. The van der Waals surface area contributed by atoms with Gasteiger partial charge in [0.25, 0.3) is 0 Å². The van der Waals surface area contributed by atoms with Crippen LogP contribution in [-0.2, 0) is 14.3 Å². The maximum absolute atomic E-state index is 12.4. The molecule has 0 radical (unpaired) electrons. The first-order valence-corrected chi connectivity index (χ1v) is 12.9. The number of ether oxygens (including phenoxy) is 1. The lowest BCUT2D eigenvalue weighted by Crippen LogP contribution is -2.21. The molecule has 0 unspecified atom stereocenters. The Morgan fingerprint density at radius 2 is 1.29 bits per heavy atom. The van der Waals surface area contributed by atoms with Gasteiger partial charge in [0.15, 0.2) is 0 Å². The van der Waals surface area contributed by atoms with Crippen LogP contribution in [0, 0.1) is 0 Å². The number of methoxy groups -OCH3 is 1. The molecule has 0 rings (SSSR count). The molecule has 0 atom stereocenters. The highest BCUT2D eigenvalue weighted by Crippen LogP contribution is 2.29. The lowest BCUT2D eigenvalue weighted by atomic mass is 10.1. The molecule has 0 aliphatic carbocycles. The highest BCUT2D eigenvalue weighted by atomic mass is 32.2. The zero-order chi connectivity index (χ0) is 27.0. The number of carbonyl (C=O) groups is 2. The van der Waals surface area contributed by atoms with E-state index in [2.05, 4.69) is 50.1 Å². The second-order valence-corrected chi connectivity index (χ2v) is 10.7. The lowest BCUT2D eigenvalue weighted by Gasteiger charge is -2.12. The smallest absolute Gasteiger partial charge is 0.229 e. The quantitative estimate of drug-likeness (QED) is 0.111. The molecule has 0 spiro atoms. The van der Waals surface area contributed by atoms with Crippen LogP contribution < -0.4 is 10.6 Å². The van der Waals surface area contributed by atoms with E-state index in [1.165, 1.54) is 23.5 Å². The van der Waals surface area contributed by atoms with Crippen molar-refractivity contribution in [3.63, 3.8) is 0 Å². The summed E-state index contributed by atoms with van der Waals surface area (Å²) in [4.78, 5) is 26.1. The Balaban J connectivity index is 4.30. The van der Waals surface area contributed by atoms with E-state index in [0.717, 1.165) is 46.6 Å². The molecule has 0 aliphatic heterocycles. The molecule has 0 saturated heterocycles. The molecule has 35 heavy (non-hydrogen) atoms. The summed E-state index contributed by atoms with van der Waals surface area (Å²) in [5, 5.41) is 6.67. The minimum Gasteiger partial charge on any atom is -0.501 e. The van der Waals surface area contributed by atoms with Crippen molar-refractivity contribution in [3.8, 4) is 0 Å². The van der Waals surface area contributed by atoms with Crippen molar-refractivity contribution < 1.29 is 14.3 Å². The Morgan fingerprint density at radius 3 is 1.69 bits per heavy atom. The third kappa shape index (κ3) is 16.6. The summed E-state index contributed by atoms with van der Waals surface area (Å²) in [6, 6.07) is 0. The van der Waals surface area contributed by atoms with Crippen LogP contribution in [-0.4, -0.2) is 18.9 Å². The van der Waals surface area contributed by atoms with Crippen molar-refractivity contribution in [2.75, 3.05) is 7.11 Å². The minimum atomic E-state index is -0.168. The molecule has 0 aromatic carbocycles. The van der Waals surface area contributed by atoms with E-state index in [0.29, 0.717) is 21.4 Å². The molecule has 0 aromatic rings. The second-order valence-electron chi connectivity index (χ2n) is 8.15. The van der Waals surface area contributed by atoms with E-state index < -0.39 is 0 Å². The summed E-state index contributed by atoms with van der Waals surface area (Å²) >= 11 is 2.75. The van der Waals surface area contributed by atoms with Gasteiger partial charge in [-0.05, 0) is 67.4 Å². The van der Waals surface area contributed by atoms with Gasteiger partial charge in [0.1, 0.15) is 0 Å². The number of hydrogen-bond acceptors (Lipinski definition) is 5. The van der Waals surface area contributed by atoms with Gasteiger partial charge in [-0.3, -0.25) is 9.59 Å². The molecule has 192 valence electrons. The first-order chi connectivity index (χ1) is 16.4. The first-order valence-electron chi connectivity index (χ1n) is 11.3. The van der Waals surface area contributed by atoms with Gasteiger partial charge in [-0.2, -0.15) is 0 Å². The van der Waals surface area contributed by atoms with Crippen LogP contribution in [0.25, 0.3) is 0 Å². The van der Waals surface area contributed by atoms with Crippen LogP contribution in [0.4, 0.5) is 0 Å². The monoisotopic (exact) mass is 516 g/mol. The van der Waals surface area contributed by atoms with Crippen LogP contribution in [0.2, 0.25) is 0 Å². The molecule has 5 nitrogen and oxygen atoms in total.